The first kappa shape index (κ1) is 17.9. The molecule has 1 unspecified atom stereocenters. The van der Waals surface area contributed by atoms with E-state index < -0.39 is 0 Å². The summed E-state index contributed by atoms with van der Waals surface area (Å²) in [4.78, 5) is 11.0. The summed E-state index contributed by atoms with van der Waals surface area (Å²) < 4.78 is 20.4. The second-order valence-corrected chi connectivity index (χ2v) is 6.08. The predicted octanol–water partition coefficient (Wildman–Crippen LogP) is 4.77. The molecule has 26 heavy (non-hydrogen) atoms. The van der Waals surface area contributed by atoms with Crippen molar-refractivity contribution >= 4 is 6.29 Å². The molecule has 5 heteroatoms. The van der Waals surface area contributed by atoms with Crippen LogP contribution in [-0.4, -0.2) is 23.2 Å². The number of aldehydes is 1. The van der Waals surface area contributed by atoms with Gasteiger partial charge in [0.05, 0.1) is 24.2 Å². The largest absolute Gasteiger partial charge is 0.497 e. The highest BCUT2D eigenvalue weighted by Crippen LogP contribution is 2.30. The average molecular weight is 352 g/mol. The Balaban J connectivity index is 2.11. The molecule has 0 aliphatic rings. The van der Waals surface area contributed by atoms with Gasteiger partial charge >= 0.3 is 0 Å². The van der Waals surface area contributed by atoms with Crippen LogP contribution >= 0.6 is 0 Å². The van der Waals surface area contributed by atoms with Crippen LogP contribution in [0.15, 0.2) is 54.6 Å². The van der Waals surface area contributed by atoms with Gasteiger partial charge in [-0.25, -0.2) is 9.07 Å². The first-order chi connectivity index (χ1) is 12.7. The summed E-state index contributed by atoms with van der Waals surface area (Å²) in [5.41, 5.74) is 3.45. The molecule has 0 amide bonds. The topological polar surface area (TPSA) is 44.1 Å². The number of ether oxygens (including phenoxy) is 1. The van der Waals surface area contributed by atoms with Crippen molar-refractivity contribution in [2.45, 2.75) is 25.7 Å². The minimum atomic E-state index is -0.281. The van der Waals surface area contributed by atoms with E-state index in [1.807, 2.05) is 41.9 Å². The van der Waals surface area contributed by atoms with Crippen molar-refractivity contribution in [2.24, 2.45) is 0 Å². The van der Waals surface area contributed by atoms with Gasteiger partial charge in [-0.05, 0) is 61.0 Å². The van der Waals surface area contributed by atoms with E-state index >= 15 is 0 Å². The normalized spacial score (nSPS) is 12.0. The average Bonchev–Trinajstić information content (AvgIpc) is 3.12. The summed E-state index contributed by atoms with van der Waals surface area (Å²) in [6.07, 6.45) is 2.18. The van der Waals surface area contributed by atoms with Crippen molar-refractivity contribution in [3.63, 3.8) is 0 Å². The van der Waals surface area contributed by atoms with Gasteiger partial charge in [0.15, 0.2) is 0 Å². The van der Waals surface area contributed by atoms with E-state index in [-0.39, 0.29) is 11.7 Å². The Kier molecular flexibility index (Phi) is 5.46. The minimum Gasteiger partial charge on any atom is -0.497 e. The van der Waals surface area contributed by atoms with E-state index in [1.165, 1.54) is 12.1 Å². The summed E-state index contributed by atoms with van der Waals surface area (Å²) in [5, 5.41) is 4.75. The molecule has 3 aromatic rings. The molecule has 134 valence electrons. The highest BCUT2D eigenvalue weighted by atomic mass is 19.1. The second-order valence-electron chi connectivity index (χ2n) is 6.08. The van der Waals surface area contributed by atoms with E-state index in [0.717, 1.165) is 41.1 Å². The molecule has 0 N–H and O–H groups in total. The van der Waals surface area contributed by atoms with Crippen LogP contribution in [0, 0.1) is 5.82 Å². The fraction of sp³-hybridized carbons (Fsp3) is 0.238. The smallest absolute Gasteiger partial charge is 0.123 e. The first-order valence-electron chi connectivity index (χ1n) is 8.60. The second kappa shape index (κ2) is 7.95. The fourth-order valence-electron chi connectivity index (χ4n) is 2.96. The van der Waals surface area contributed by atoms with Gasteiger partial charge in [-0.15, -0.1) is 0 Å². The number of carbonyl (C=O) groups is 1. The minimum absolute atomic E-state index is 0.0613. The Morgan fingerprint density at radius 1 is 1.15 bits per heavy atom. The molecule has 1 heterocycles. The molecule has 4 nitrogen and oxygen atoms in total. The SMILES string of the molecule is CCC(CC=O)c1cc(-c2ccc(F)cc2)n(-c2ccc(OC)cc2)n1. The molecule has 0 saturated carbocycles. The Bertz CT molecular complexity index is 870. The molecule has 0 bridgehead atoms. The standard InChI is InChI=1S/C21H21FN2O2/c1-3-15(12-13-25)20-14-21(16-4-6-17(22)7-5-16)24(23-20)18-8-10-19(26-2)11-9-18/h4-11,13-15H,3,12H2,1-2H3. The number of methoxy groups -OCH3 is 1. The van der Waals surface area contributed by atoms with Crippen LogP contribution in [0.25, 0.3) is 16.9 Å². The van der Waals surface area contributed by atoms with Crippen molar-refractivity contribution in [3.8, 4) is 22.7 Å². The fourth-order valence-corrected chi connectivity index (χ4v) is 2.96. The van der Waals surface area contributed by atoms with Crippen LogP contribution < -0.4 is 4.74 Å². The molecule has 0 aliphatic heterocycles. The Hall–Kier alpha value is -2.95. The zero-order valence-corrected chi connectivity index (χ0v) is 14.9. The summed E-state index contributed by atoms with van der Waals surface area (Å²) in [6, 6.07) is 15.9. The summed E-state index contributed by atoms with van der Waals surface area (Å²) in [5.74, 6) is 0.542. The molecule has 1 atom stereocenters. The lowest BCUT2D eigenvalue weighted by molar-refractivity contribution is -0.108. The lowest BCUT2D eigenvalue weighted by Crippen LogP contribution is -2.03. The van der Waals surface area contributed by atoms with E-state index in [9.17, 15) is 9.18 Å². The number of aromatic nitrogens is 2. The third-order valence-electron chi connectivity index (χ3n) is 4.48. The Morgan fingerprint density at radius 3 is 2.42 bits per heavy atom. The summed E-state index contributed by atoms with van der Waals surface area (Å²) in [6.45, 7) is 2.04. The molecule has 2 aromatic carbocycles. The highest BCUT2D eigenvalue weighted by Gasteiger charge is 2.18. The molecule has 1 aromatic heterocycles. The molecule has 0 aliphatic carbocycles. The maximum atomic E-state index is 13.3. The zero-order valence-electron chi connectivity index (χ0n) is 14.9. The van der Waals surface area contributed by atoms with Gasteiger partial charge < -0.3 is 9.53 Å². The quantitative estimate of drug-likeness (QED) is 0.575. The summed E-state index contributed by atoms with van der Waals surface area (Å²) >= 11 is 0. The van der Waals surface area contributed by atoms with Crippen molar-refractivity contribution in [2.75, 3.05) is 7.11 Å². The predicted molar refractivity (Wildman–Crippen MR) is 99.2 cm³/mol. The molecule has 0 spiro atoms. The van der Waals surface area contributed by atoms with E-state index in [1.54, 1.807) is 19.2 Å². The van der Waals surface area contributed by atoms with Crippen molar-refractivity contribution in [3.05, 3.63) is 66.1 Å². The van der Waals surface area contributed by atoms with Crippen molar-refractivity contribution < 1.29 is 13.9 Å². The number of carbonyl (C=O) groups excluding carboxylic acids is 1. The van der Waals surface area contributed by atoms with Gasteiger partial charge in [0.25, 0.3) is 0 Å². The van der Waals surface area contributed by atoms with Crippen LogP contribution in [-0.2, 0) is 4.79 Å². The van der Waals surface area contributed by atoms with Crippen LogP contribution in [0.5, 0.6) is 5.75 Å². The summed E-state index contributed by atoms with van der Waals surface area (Å²) in [7, 11) is 1.62. The van der Waals surface area contributed by atoms with E-state index in [2.05, 4.69) is 0 Å². The van der Waals surface area contributed by atoms with E-state index in [0.29, 0.717) is 6.42 Å². The van der Waals surface area contributed by atoms with Gasteiger partial charge in [0, 0.05) is 17.9 Å². The Labute approximate surface area is 152 Å². The van der Waals surface area contributed by atoms with Crippen LogP contribution in [0.2, 0.25) is 0 Å². The molecule has 3 rings (SSSR count). The van der Waals surface area contributed by atoms with Gasteiger partial charge in [-0.1, -0.05) is 6.92 Å². The third-order valence-corrected chi connectivity index (χ3v) is 4.48. The number of benzene rings is 2. The third kappa shape index (κ3) is 3.67. The Morgan fingerprint density at radius 2 is 1.85 bits per heavy atom. The van der Waals surface area contributed by atoms with Crippen LogP contribution in [0.1, 0.15) is 31.4 Å². The highest BCUT2D eigenvalue weighted by molar-refractivity contribution is 5.63. The molecular weight excluding hydrogens is 331 g/mol. The van der Waals surface area contributed by atoms with Crippen molar-refractivity contribution in [1.29, 1.82) is 0 Å². The molecular formula is C21H21FN2O2. The van der Waals surface area contributed by atoms with Gasteiger partial charge in [0.1, 0.15) is 17.9 Å². The number of hydrogen-bond donors (Lipinski definition) is 0. The van der Waals surface area contributed by atoms with Gasteiger partial charge in [-0.3, -0.25) is 0 Å². The number of nitrogens with zero attached hydrogens (tertiary/aromatic N) is 2. The number of rotatable bonds is 7. The number of halogens is 1. The van der Waals surface area contributed by atoms with E-state index in [4.69, 9.17) is 9.84 Å². The molecule has 0 radical (unpaired) electrons. The monoisotopic (exact) mass is 352 g/mol. The van der Waals surface area contributed by atoms with Crippen LogP contribution in [0.4, 0.5) is 4.39 Å². The maximum Gasteiger partial charge on any atom is 0.123 e. The molecule has 0 fully saturated rings. The maximum absolute atomic E-state index is 13.3. The zero-order chi connectivity index (χ0) is 18.5. The lowest BCUT2D eigenvalue weighted by atomic mass is 9.98. The van der Waals surface area contributed by atoms with Gasteiger partial charge in [0.2, 0.25) is 0 Å². The first-order valence-corrected chi connectivity index (χ1v) is 8.60. The molecule has 0 saturated heterocycles. The van der Waals surface area contributed by atoms with Crippen molar-refractivity contribution in [1.82, 2.24) is 9.78 Å². The lowest BCUT2D eigenvalue weighted by Gasteiger charge is -2.09. The number of hydrogen-bond acceptors (Lipinski definition) is 3. The van der Waals surface area contributed by atoms with Gasteiger partial charge in [-0.2, -0.15) is 5.10 Å². The van der Waals surface area contributed by atoms with Crippen LogP contribution in [0.3, 0.4) is 0 Å².